The number of rotatable bonds is 1. The number of hydrogen-bond donors (Lipinski definition) is 1. The van der Waals surface area contributed by atoms with Crippen molar-refractivity contribution in [2.24, 2.45) is 0 Å². The molecule has 0 radical (unpaired) electrons. The highest BCUT2D eigenvalue weighted by molar-refractivity contribution is 5.45. The number of fused-ring (bicyclic) bond motifs is 1. The first kappa shape index (κ1) is 14.2. The van der Waals surface area contributed by atoms with E-state index >= 15 is 0 Å². The van der Waals surface area contributed by atoms with Gasteiger partial charge in [-0.1, -0.05) is 6.07 Å². The number of aliphatic hydroxyl groups excluding tert-OH is 1. The summed E-state index contributed by atoms with van der Waals surface area (Å²) in [5, 5.41) is 9.89. The predicted molar refractivity (Wildman–Crippen MR) is 73.4 cm³/mol. The van der Waals surface area contributed by atoms with Crippen molar-refractivity contribution in [2.75, 3.05) is 0 Å². The van der Waals surface area contributed by atoms with E-state index < -0.39 is 18.4 Å². The Morgan fingerprint density at radius 2 is 1.95 bits per heavy atom. The number of hydrogen-bond acceptors (Lipinski definition) is 1. The molecule has 0 bridgehead atoms. The molecule has 112 valence electrons. The molecule has 0 saturated heterocycles. The van der Waals surface area contributed by atoms with Gasteiger partial charge in [0.1, 0.15) is 11.9 Å². The van der Waals surface area contributed by atoms with Gasteiger partial charge in [-0.25, -0.2) is 13.2 Å². The zero-order valence-electron chi connectivity index (χ0n) is 11.8. The predicted octanol–water partition coefficient (Wildman–Crippen LogP) is 3.85. The average Bonchev–Trinajstić information content (AvgIpc) is 2.75. The van der Waals surface area contributed by atoms with Crippen LogP contribution >= 0.6 is 0 Å². The Kier molecular flexibility index (Phi) is 3.13. The molecule has 2 aromatic rings. The molecule has 21 heavy (non-hydrogen) atoms. The average molecular weight is 295 g/mol. The van der Waals surface area contributed by atoms with Crippen LogP contribution in [-0.4, -0.2) is 15.6 Å². The number of aliphatic hydroxyl groups is 1. The lowest BCUT2D eigenvalue weighted by atomic mass is 9.89. The number of alkyl halides is 2. The van der Waals surface area contributed by atoms with Gasteiger partial charge >= 0.3 is 0 Å². The van der Waals surface area contributed by atoms with E-state index in [-0.39, 0.29) is 17.8 Å². The lowest BCUT2D eigenvalue weighted by Gasteiger charge is -2.29. The molecule has 1 N–H and O–H groups in total. The van der Waals surface area contributed by atoms with Gasteiger partial charge in [-0.2, -0.15) is 0 Å². The Balaban J connectivity index is 2.15. The van der Waals surface area contributed by atoms with Crippen LogP contribution in [0.2, 0.25) is 0 Å². The molecular formula is C16H16F3NO. The van der Waals surface area contributed by atoms with Crippen molar-refractivity contribution in [3.63, 3.8) is 0 Å². The Hall–Kier alpha value is -1.75. The minimum Gasteiger partial charge on any atom is -0.382 e. The number of halogens is 3. The second kappa shape index (κ2) is 4.63. The van der Waals surface area contributed by atoms with E-state index in [9.17, 15) is 18.3 Å². The minimum atomic E-state index is -3.11. The van der Waals surface area contributed by atoms with E-state index in [2.05, 4.69) is 0 Å². The molecule has 0 aliphatic heterocycles. The highest BCUT2D eigenvalue weighted by atomic mass is 19.3. The largest absolute Gasteiger partial charge is 0.382 e. The van der Waals surface area contributed by atoms with Gasteiger partial charge in [0.05, 0.1) is 0 Å². The zero-order valence-corrected chi connectivity index (χ0v) is 11.8. The molecule has 1 aromatic carbocycles. The summed E-state index contributed by atoms with van der Waals surface area (Å²) in [5.41, 5.74) is 2.61. The quantitative estimate of drug-likeness (QED) is 0.849. The van der Waals surface area contributed by atoms with Crippen LogP contribution in [0.25, 0.3) is 5.69 Å². The Labute approximate surface area is 120 Å². The summed E-state index contributed by atoms with van der Waals surface area (Å²) in [4.78, 5) is 0. The SMILES string of the molecule is Cc1ccc(-n2cc(C)c3c2CCC(F)(F)C3O)cc1F. The summed E-state index contributed by atoms with van der Waals surface area (Å²) in [6.07, 6.45) is -0.362. The van der Waals surface area contributed by atoms with Gasteiger partial charge in [0.2, 0.25) is 0 Å². The van der Waals surface area contributed by atoms with Crippen LogP contribution in [0.15, 0.2) is 24.4 Å². The molecule has 2 nitrogen and oxygen atoms in total. The van der Waals surface area contributed by atoms with E-state index in [1.165, 1.54) is 6.07 Å². The smallest absolute Gasteiger partial charge is 0.278 e. The maximum Gasteiger partial charge on any atom is 0.278 e. The van der Waals surface area contributed by atoms with Crippen LogP contribution in [0.1, 0.15) is 34.9 Å². The van der Waals surface area contributed by atoms with Crippen molar-refractivity contribution >= 4 is 0 Å². The number of aromatic nitrogens is 1. The summed E-state index contributed by atoms with van der Waals surface area (Å²) in [6.45, 7) is 3.35. The molecule has 1 aromatic heterocycles. The molecule has 1 atom stereocenters. The molecule has 0 amide bonds. The maximum absolute atomic E-state index is 13.7. The standard InChI is InChI=1S/C16H16F3NO/c1-9-3-4-11(7-12(9)17)20-8-10(2)14-13(20)5-6-16(18,19)15(14)21/h3-4,7-8,15,21H,5-6H2,1-2H3. The van der Waals surface area contributed by atoms with Crippen LogP contribution < -0.4 is 0 Å². The fraction of sp³-hybridized carbons (Fsp3) is 0.375. The van der Waals surface area contributed by atoms with Crippen LogP contribution in [0.3, 0.4) is 0 Å². The molecule has 1 unspecified atom stereocenters. The lowest BCUT2D eigenvalue weighted by molar-refractivity contribution is -0.122. The van der Waals surface area contributed by atoms with Crippen molar-refractivity contribution in [1.82, 2.24) is 4.57 Å². The Morgan fingerprint density at radius 3 is 2.62 bits per heavy atom. The number of nitrogens with zero attached hydrogens (tertiary/aromatic N) is 1. The van der Waals surface area contributed by atoms with Crippen LogP contribution in [-0.2, 0) is 6.42 Å². The summed E-state index contributed by atoms with van der Waals surface area (Å²) >= 11 is 0. The molecule has 0 spiro atoms. The molecular weight excluding hydrogens is 279 g/mol. The third kappa shape index (κ3) is 2.16. The first-order valence-electron chi connectivity index (χ1n) is 6.84. The highest BCUT2D eigenvalue weighted by Crippen LogP contribution is 2.44. The monoisotopic (exact) mass is 295 g/mol. The minimum absolute atomic E-state index is 0.155. The van der Waals surface area contributed by atoms with E-state index in [1.54, 1.807) is 36.7 Å². The molecule has 0 saturated carbocycles. The van der Waals surface area contributed by atoms with Gasteiger partial charge < -0.3 is 9.67 Å². The second-order valence-corrected chi connectivity index (χ2v) is 5.64. The fourth-order valence-electron chi connectivity index (χ4n) is 2.92. The maximum atomic E-state index is 13.7. The van der Waals surface area contributed by atoms with E-state index in [1.807, 2.05) is 0 Å². The van der Waals surface area contributed by atoms with Crippen molar-refractivity contribution in [3.8, 4) is 5.69 Å². The summed E-state index contributed by atoms with van der Waals surface area (Å²) in [7, 11) is 0. The fourth-order valence-corrected chi connectivity index (χ4v) is 2.92. The van der Waals surface area contributed by atoms with Gasteiger partial charge in [0, 0.05) is 29.6 Å². The van der Waals surface area contributed by atoms with Gasteiger partial charge in [-0.05, 0) is 43.5 Å². The van der Waals surface area contributed by atoms with Crippen LogP contribution in [0.5, 0.6) is 0 Å². The normalized spacial score (nSPS) is 20.4. The van der Waals surface area contributed by atoms with E-state index in [0.717, 1.165) is 0 Å². The lowest BCUT2D eigenvalue weighted by Crippen LogP contribution is -2.32. The third-order valence-electron chi connectivity index (χ3n) is 4.15. The van der Waals surface area contributed by atoms with Gasteiger partial charge in [0.15, 0.2) is 0 Å². The van der Waals surface area contributed by atoms with Gasteiger partial charge in [-0.3, -0.25) is 0 Å². The van der Waals surface area contributed by atoms with Crippen LogP contribution in [0.4, 0.5) is 13.2 Å². The van der Waals surface area contributed by atoms with E-state index in [0.29, 0.717) is 22.5 Å². The van der Waals surface area contributed by atoms with Crippen molar-refractivity contribution in [1.29, 1.82) is 0 Å². The summed E-state index contributed by atoms with van der Waals surface area (Å²) in [5.74, 6) is -3.45. The Morgan fingerprint density at radius 1 is 1.24 bits per heavy atom. The van der Waals surface area contributed by atoms with Crippen LogP contribution in [0, 0.1) is 19.7 Å². The van der Waals surface area contributed by atoms with Crippen molar-refractivity contribution in [3.05, 3.63) is 52.6 Å². The highest BCUT2D eigenvalue weighted by Gasteiger charge is 2.45. The number of benzene rings is 1. The molecule has 5 heteroatoms. The summed E-state index contributed by atoms with van der Waals surface area (Å²) < 4.78 is 42.8. The van der Waals surface area contributed by atoms with Gasteiger partial charge in [0.25, 0.3) is 5.92 Å². The Bertz CT molecular complexity index is 706. The molecule has 1 aliphatic carbocycles. The second-order valence-electron chi connectivity index (χ2n) is 5.64. The number of aryl methyl sites for hydroxylation is 2. The zero-order chi connectivity index (χ0) is 15.4. The van der Waals surface area contributed by atoms with Crippen molar-refractivity contribution in [2.45, 2.75) is 38.7 Å². The molecule has 3 rings (SSSR count). The van der Waals surface area contributed by atoms with Gasteiger partial charge in [-0.15, -0.1) is 0 Å². The topological polar surface area (TPSA) is 25.2 Å². The first-order chi connectivity index (χ1) is 9.81. The first-order valence-corrected chi connectivity index (χ1v) is 6.84. The summed E-state index contributed by atoms with van der Waals surface area (Å²) in [6, 6.07) is 4.78. The van der Waals surface area contributed by atoms with E-state index in [4.69, 9.17) is 0 Å². The molecule has 1 aliphatic rings. The molecule has 1 heterocycles. The van der Waals surface area contributed by atoms with Crippen molar-refractivity contribution < 1.29 is 18.3 Å². The molecule has 0 fully saturated rings. The third-order valence-corrected chi connectivity index (χ3v) is 4.15.